The van der Waals surface area contributed by atoms with E-state index >= 15 is 0 Å². The van der Waals surface area contributed by atoms with Crippen LogP contribution in [0.4, 0.5) is 11.8 Å². The molecule has 0 radical (unpaired) electrons. The Labute approximate surface area is 149 Å². The SMILES string of the molecule is Cc1nc(N(C)C)nc(N2CC[C@]3(CCCN(CCO)C3=O)C2)c1C. The van der Waals surface area contributed by atoms with E-state index in [-0.39, 0.29) is 17.9 Å². The minimum Gasteiger partial charge on any atom is -0.395 e. The van der Waals surface area contributed by atoms with Crippen molar-refractivity contribution in [3.8, 4) is 0 Å². The van der Waals surface area contributed by atoms with Crippen molar-refractivity contribution in [2.45, 2.75) is 33.1 Å². The molecule has 1 N–H and O–H groups in total. The lowest BCUT2D eigenvalue weighted by Crippen LogP contribution is -2.50. The van der Waals surface area contributed by atoms with Crippen LogP contribution in [-0.2, 0) is 4.79 Å². The monoisotopic (exact) mass is 347 g/mol. The van der Waals surface area contributed by atoms with Crippen LogP contribution in [0.25, 0.3) is 0 Å². The van der Waals surface area contributed by atoms with Crippen LogP contribution in [0.5, 0.6) is 0 Å². The Bertz CT molecular complexity index is 661. The zero-order valence-electron chi connectivity index (χ0n) is 15.7. The summed E-state index contributed by atoms with van der Waals surface area (Å²) >= 11 is 0. The second-order valence-electron chi connectivity index (χ2n) is 7.52. The Kier molecular flexibility index (Phi) is 4.86. The summed E-state index contributed by atoms with van der Waals surface area (Å²) in [6.45, 7) is 6.83. The van der Waals surface area contributed by atoms with Gasteiger partial charge in [0.2, 0.25) is 11.9 Å². The van der Waals surface area contributed by atoms with Crippen LogP contribution in [0, 0.1) is 19.3 Å². The minimum absolute atomic E-state index is 0.0297. The molecule has 138 valence electrons. The van der Waals surface area contributed by atoms with E-state index in [9.17, 15) is 9.90 Å². The lowest BCUT2D eigenvalue weighted by molar-refractivity contribution is -0.145. The van der Waals surface area contributed by atoms with Crippen LogP contribution >= 0.6 is 0 Å². The molecule has 1 spiro atoms. The van der Waals surface area contributed by atoms with Crippen molar-refractivity contribution in [3.63, 3.8) is 0 Å². The summed E-state index contributed by atoms with van der Waals surface area (Å²) in [4.78, 5) is 28.3. The van der Waals surface area contributed by atoms with Crippen LogP contribution in [0.3, 0.4) is 0 Å². The first-order chi connectivity index (χ1) is 11.9. The highest BCUT2D eigenvalue weighted by molar-refractivity contribution is 5.85. The summed E-state index contributed by atoms with van der Waals surface area (Å²) < 4.78 is 0. The highest BCUT2D eigenvalue weighted by atomic mass is 16.3. The maximum atomic E-state index is 13.0. The average molecular weight is 347 g/mol. The first-order valence-corrected chi connectivity index (χ1v) is 9.06. The standard InChI is InChI=1S/C18H29N5O2/c1-13-14(2)19-17(21(3)4)20-15(13)23-9-7-18(12-23)6-5-8-22(10-11-24)16(18)25/h24H,5-12H2,1-4H3/t18-/m1/s1. The normalized spacial score (nSPS) is 23.6. The number of aromatic nitrogens is 2. The molecule has 2 aliphatic rings. The summed E-state index contributed by atoms with van der Waals surface area (Å²) in [5.74, 6) is 1.85. The molecule has 3 heterocycles. The van der Waals surface area contributed by atoms with Gasteiger partial charge < -0.3 is 19.8 Å². The minimum atomic E-state index is -0.322. The van der Waals surface area contributed by atoms with Crippen molar-refractivity contribution in [3.05, 3.63) is 11.3 Å². The quantitative estimate of drug-likeness (QED) is 0.875. The molecule has 0 aliphatic carbocycles. The maximum absolute atomic E-state index is 13.0. The molecule has 0 bridgehead atoms. The van der Waals surface area contributed by atoms with E-state index in [0.717, 1.165) is 49.4 Å². The van der Waals surface area contributed by atoms with Crippen molar-refractivity contribution in [1.82, 2.24) is 14.9 Å². The maximum Gasteiger partial charge on any atom is 0.230 e. The predicted molar refractivity (Wildman–Crippen MR) is 98.0 cm³/mol. The van der Waals surface area contributed by atoms with Gasteiger partial charge >= 0.3 is 0 Å². The third kappa shape index (κ3) is 3.17. The van der Waals surface area contributed by atoms with Crippen molar-refractivity contribution in [2.75, 3.05) is 56.7 Å². The summed E-state index contributed by atoms with van der Waals surface area (Å²) in [7, 11) is 3.88. The average Bonchev–Trinajstić information content (AvgIpc) is 2.99. The van der Waals surface area contributed by atoms with E-state index in [4.69, 9.17) is 4.98 Å². The van der Waals surface area contributed by atoms with E-state index in [1.807, 2.05) is 30.8 Å². The van der Waals surface area contributed by atoms with Gasteiger partial charge in [-0.05, 0) is 33.1 Å². The summed E-state index contributed by atoms with van der Waals surface area (Å²) in [6.07, 6.45) is 2.78. The smallest absolute Gasteiger partial charge is 0.230 e. The lowest BCUT2D eigenvalue weighted by atomic mass is 9.78. The number of aliphatic hydroxyl groups is 1. The van der Waals surface area contributed by atoms with Gasteiger partial charge in [-0.25, -0.2) is 4.98 Å². The zero-order valence-corrected chi connectivity index (χ0v) is 15.7. The molecule has 2 saturated heterocycles. The molecule has 1 aromatic rings. The number of piperidine rings is 1. The number of carbonyl (C=O) groups is 1. The first-order valence-electron chi connectivity index (χ1n) is 9.06. The van der Waals surface area contributed by atoms with Crippen LogP contribution in [0.15, 0.2) is 0 Å². The third-order valence-electron chi connectivity index (χ3n) is 5.60. The van der Waals surface area contributed by atoms with Gasteiger partial charge in [0.25, 0.3) is 0 Å². The van der Waals surface area contributed by atoms with Gasteiger partial charge in [0.05, 0.1) is 12.0 Å². The van der Waals surface area contributed by atoms with Gasteiger partial charge in [-0.3, -0.25) is 4.79 Å². The Balaban J connectivity index is 1.87. The molecule has 1 aromatic heterocycles. The number of amides is 1. The lowest BCUT2D eigenvalue weighted by Gasteiger charge is -2.39. The van der Waals surface area contributed by atoms with E-state index in [2.05, 4.69) is 16.8 Å². The van der Waals surface area contributed by atoms with Crippen molar-refractivity contribution in [2.24, 2.45) is 5.41 Å². The van der Waals surface area contributed by atoms with Crippen molar-refractivity contribution < 1.29 is 9.90 Å². The topological polar surface area (TPSA) is 72.8 Å². The number of aliphatic hydroxyl groups excluding tert-OH is 1. The molecule has 0 unspecified atom stereocenters. The number of β-amino-alcohol motifs (C(OH)–C–C–N with tert-alkyl or cyclic N) is 1. The summed E-state index contributed by atoms with van der Waals surface area (Å²) in [5, 5.41) is 9.22. The highest BCUT2D eigenvalue weighted by Crippen LogP contribution is 2.42. The number of nitrogens with zero attached hydrogens (tertiary/aromatic N) is 5. The summed E-state index contributed by atoms with van der Waals surface area (Å²) in [6, 6.07) is 0. The molecule has 0 saturated carbocycles. The number of aryl methyl sites for hydroxylation is 1. The van der Waals surface area contributed by atoms with E-state index in [1.54, 1.807) is 0 Å². The third-order valence-corrected chi connectivity index (χ3v) is 5.60. The number of rotatable bonds is 4. The molecular weight excluding hydrogens is 318 g/mol. The molecule has 1 amide bonds. The van der Waals surface area contributed by atoms with Gasteiger partial charge in [-0.2, -0.15) is 4.98 Å². The zero-order chi connectivity index (χ0) is 18.2. The second-order valence-corrected chi connectivity index (χ2v) is 7.52. The van der Waals surface area contributed by atoms with Crippen molar-refractivity contribution >= 4 is 17.7 Å². The molecule has 2 aliphatic heterocycles. The largest absolute Gasteiger partial charge is 0.395 e. The Morgan fingerprint density at radius 2 is 1.96 bits per heavy atom. The van der Waals surface area contributed by atoms with Gasteiger partial charge in [-0.1, -0.05) is 0 Å². The Morgan fingerprint density at radius 1 is 1.20 bits per heavy atom. The number of anilines is 2. The molecule has 0 aromatic carbocycles. The molecule has 1 atom stereocenters. The van der Waals surface area contributed by atoms with Gasteiger partial charge in [-0.15, -0.1) is 0 Å². The van der Waals surface area contributed by atoms with Crippen LogP contribution < -0.4 is 9.80 Å². The molecule has 3 rings (SSSR count). The number of hydrogen-bond donors (Lipinski definition) is 1. The fourth-order valence-corrected chi connectivity index (χ4v) is 4.03. The van der Waals surface area contributed by atoms with E-state index in [1.165, 1.54) is 0 Å². The Morgan fingerprint density at radius 3 is 2.64 bits per heavy atom. The fraction of sp³-hybridized carbons (Fsp3) is 0.722. The Hall–Kier alpha value is -1.89. The molecule has 7 nitrogen and oxygen atoms in total. The van der Waals surface area contributed by atoms with Crippen LogP contribution in [0.2, 0.25) is 0 Å². The van der Waals surface area contributed by atoms with Gasteiger partial charge in [0.15, 0.2) is 0 Å². The highest BCUT2D eigenvalue weighted by Gasteiger charge is 2.48. The summed E-state index contributed by atoms with van der Waals surface area (Å²) in [5.41, 5.74) is 1.74. The fourth-order valence-electron chi connectivity index (χ4n) is 4.03. The molecule has 7 heteroatoms. The number of likely N-dealkylation sites (tertiary alicyclic amines) is 1. The van der Waals surface area contributed by atoms with Crippen LogP contribution in [0.1, 0.15) is 30.5 Å². The number of carbonyl (C=O) groups excluding carboxylic acids is 1. The van der Waals surface area contributed by atoms with Gasteiger partial charge in [0, 0.05) is 51.5 Å². The van der Waals surface area contributed by atoms with Gasteiger partial charge in [0.1, 0.15) is 5.82 Å². The van der Waals surface area contributed by atoms with Crippen LogP contribution in [-0.4, -0.2) is 72.8 Å². The molecular formula is C18H29N5O2. The van der Waals surface area contributed by atoms with Crippen molar-refractivity contribution in [1.29, 1.82) is 0 Å². The van der Waals surface area contributed by atoms with E-state index in [0.29, 0.717) is 19.0 Å². The number of hydrogen-bond acceptors (Lipinski definition) is 6. The molecule has 2 fully saturated rings. The molecule has 25 heavy (non-hydrogen) atoms. The predicted octanol–water partition coefficient (Wildman–Crippen LogP) is 0.971. The first kappa shape index (κ1) is 17.9. The second kappa shape index (κ2) is 6.78. The van der Waals surface area contributed by atoms with E-state index < -0.39 is 0 Å².